The first kappa shape index (κ1) is 18.5. The molecule has 0 aromatic heterocycles. The summed E-state index contributed by atoms with van der Waals surface area (Å²) >= 11 is 0.362. The van der Waals surface area contributed by atoms with Gasteiger partial charge in [-0.15, -0.1) is 0 Å². The van der Waals surface area contributed by atoms with Gasteiger partial charge in [-0.1, -0.05) is 23.9 Å². The topological polar surface area (TPSA) is 58.6 Å². The van der Waals surface area contributed by atoms with E-state index in [-0.39, 0.29) is 28.5 Å². The normalized spacial score (nSPS) is 15.4. The molecule has 132 valence electrons. The molecule has 5 nitrogen and oxygen atoms in total. The third-order valence-electron chi connectivity index (χ3n) is 3.70. The molecule has 1 aliphatic rings. The van der Waals surface area contributed by atoms with E-state index in [0.29, 0.717) is 44.3 Å². The second-order valence-electron chi connectivity index (χ2n) is 5.31. The van der Waals surface area contributed by atoms with Crippen molar-refractivity contribution >= 4 is 23.8 Å². The van der Waals surface area contributed by atoms with E-state index in [1.54, 1.807) is 24.0 Å². The molecule has 2 rings (SSSR count). The molecule has 0 aliphatic carbocycles. The second-order valence-corrected chi connectivity index (χ2v) is 6.34. The van der Waals surface area contributed by atoms with Crippen LogP contribution in [0.25, 0.3) is 0 Å². The van der Waals surface area contributed by atoms with Gasteiger partial charge in [0.15, 0.2) is 0 Å². The number of nitrogens with zero attached hydrogens (tertiary/aromatic N) is 1. The van der Waals surface area contributed by atoms with E-state index >= 15 is 0 Å². The van der Waals surface area contributed by atoms with Gasteiger partial charge >= 0.3 is 6.09 Å². The van der Waals surface area contributed by atoms with Crippen molar-refractivity contribution < 1.29 is 23.1 Å². The third-order valence-corrected chi connectivity index (χ3v) is 4.49. The van der Waals surface area contributed by atoms with Gasteiger partial charge in [-0.3, -0.25) is 4.79 Å². The highest BCUT2D eigenvalue weighted by Crippen LogP contribution is 2.28. The number of thioether (sulfide) groups is 1. The zero-order valence-corrected chi connectivity index (χ0v) is 14.2. The summed E-state index contributed by atoms with van der Waals surface area (Å²) < 4.78 is 30.1. The highest BCUT2D eigenvalue weighted by Gasteiger charge is 2.25. The predicted molar refractivity (Wildman–Crippen MR) is 87.4 cm³/mol. The summed E-state index contributed by atoms with van der Waals surface area (Å²) in [5, 5.41) is 2.86. The molecule has 1 aromatic carbocycles. The number of hydrogen-bond acceptors (Lipinski definition) is 4. The van der Waals surface area contributed by atoms with Crippen LogP contribution >= 0.6 is 11.8 Å². The summed E-state index contributed by atoms with van der Waals surface area (Å²) in [4.78, 5) is 25.9. The third kappa shape index (κ3) is 5.09. The number of rotatable bonds is 5. The van der Waals surface area contributed by atoms with Crippen molar-refractivity contribution in [2.45, 2.75) is 36.5 Å². The minimum absolute atomic E-state index is 0.0900. The lowest BCUT2D eigenvalue weighted by atomic mass is 10.0. The number of alkyl halides is 2. The molecular weight excluding hydrogens is 338 g/mol. The van der Waals surface area contributed by atoms with Crippen LogP contribution in [0.15, 0.2) is 29.2 Å². The van der Waals surface area contributed by atoms with Gasteiger partial charge in [-0.25, -0.2) is 4.79 Å². The van der Waals surface area contributed by atoms with Crippen LogP contribution in [-0.2, 0) is 4.74 Å². The molecular formula is C16H20F2N2O3S. The van der Waals surface area contributed by atoms with Gasteiger partial charge in [0.1, 0.15) is 0 Å². The number of ether oxygens (including phenoxy) is 1. The second kappa shape index (κ2) is 8.86. The number of benzene rings is 1. The number of nitrogens with one attached hydrogen (secondary N) is 1. The average Bonchev–Trinajstić information content (AvgIpc) is 2.55. The number of likely N-dealkylation sites (tertiary alicyclic amines) is 1. The molecule has 0 saturated carbocycles. The summed E-state index contributed by atoms with van der Waals surface area (Å²) in [6, 6.07) is 6.23. The van der Waals surface area contributed by atoms with Crippen LogP contribution in [0.3, 0.4) is 0 Å². The predicted octanol–water partition coefficient (Wildman–Crippen LogP) is 3.35. The largest absolute Gasteiger partial charge is 0.450 e. The van der Waals surface area contributed by atoms with E-state index in [2.05, 4.69) is 5.32 Å². The lowest BCUT2D eigenvalue weighted by Crippen LogP contribution is -2.46. The standard InChI is InChI=1S/C16H20F2N2O3S/c1-2-23-16(22)20-9-7-11(8-10-20)19-14(21)12-5-3-4-6-13(12)24-15(17)18/h3-6,11,15H,2,7-10H2,1H3,(H,19,21). The fourth-order valence-electron chi connectivity index (χ4n) is 2.54. The Morgan fingerprint density at radius 3 is 2.62 bits per heavy atom. The quantitative estimate of drug-likeness (QED) is 0.820. The average molecular weight is 358 g/mol. The Bertz CT molecular complexity index is 578. The number of halogens is 2. The molecule has 1 fully saturated rings. The van der Waals surface area contributed by atoms with Crippen LogP contribution in [0.4, 0.5) is 13.6 Å². The van der Waals surface area contributed by atoms with Crippen molar-refractivity contribution in [2.24, 2.45) is 0 Å². The summed E-state index contributed by atoms with van der Waals surface area (Å²) in [7, 11) is 0. The molecule has 1 aromatic rings. The Morgan fingerprint density at radius 1 is 1.33 bits per heavy atom. The van der Waals surface area contributed by atoms with E-state index in [1.807, 2.05) is 0 Å². The maximum absolute atomic E-state index is 12.6. The lowest BCUT2D eigenvalue weighted by molar-refractivity contribution is 0.0858. The number of hydrogen-bond donors (Lipinski definition) is 1. The van der Waals surface area contributed by atoms with Crippen LogP contribution < -0.4 is 5.32 Å². The summed E-state index contributed by atoms with van der Waals surface area (Å²) in [6.07, 6.45) is 0.865. The minimum atomic E-state index is -2.58. The van der Waals surface area contributed by atoms with Crippen molar-refractivity contribution in [3.63, 3.8) is 0 Å². The monoisotopic (exact) mass is 358 g/mol. The van der Waals surface area contributed by atoms with Gasteiger partial charge in [0.05, 0.1) is 12.2 Å². The Hall–Kier alpha value is -1.83. The highest BCUT2D eigenvalue weighted by molar-refractivity contribution is 7.99. The number of carbonyl (C=O) groups is 2. The fraction of sp³-hybridized carbons (Fsp3) is 0.500. The zero-order valence-electron chi connectivity index (χ0n) is 13.3. The first-order valence-corrected chi connectivity index (χ1v) is 8.65. The molecule has 8 heteroatoms. The van der Waals surface area contributed by atoms with E-state index in [1.165, 1.54) is 12.1 Å². The van der Waals surface area contributed by atoms with E-state index in [4.69, 9.17) is 4.74 Å². The number of piperidine rings is 1. The van der Waals surface area contributed by atoms with Gasteiger partial charge in [0.2, 0.25) is 0 Å². The number of amides is 2. The van der Waals surface area contributed by atoms with Crippen LogP contribution in [0.5, 0.6) is 0 Å². The van der Waals surface area contributed by atoms with Gasteiger partial charge < -0.3 is 15.0 Å². The van der Waals surface area contributed by atoms with E-state index in [9.17, 15) is 18.4 Å². The summed E-state index contributed by atoms with van der Waals surface area (Å²) in [5.41, 5.74) is 0.246. The molecule has 0 bridgehead atoms. The molecule has 0 spiro atoms. The first-order valence-electron chi connectivity index (χ1n) is 7.77. The SMILES string of the molecule is CCOC(=O)N1CCC(NC(=O)c2ccccc2SC(F)F)CC1. The molecule has 1 N–H and O–H groups in total. The van der Waals surface area contributed by atoms with Crippen molar-refractivity contribution in [3.05, 3.63) is 29.8 Å². The molecule has 0 radical (unpaired) electrons. The maximum Gasteiger partial charge on any atom is 0.409 e. The van der Waals surface area contributed by atoms with Gasteiger partial charge in [-0.05, 0) is 31.9 Å². The first-order chi connectivity index (χ1) is 11.5. The Kier molecular flexibility index (Phi) is 6.84. The zero-order chi connectivity index (χ0) is 17.5. The molecule has 1 aliphatic heterocycles. The molecule has 24 heavy (non-hydrogen) atoms. The van der Waals surface area contributed by atoms with Crippen LogP contribution in [-0.4, -0.2) is 48.4 Å². The van der Waals surface area contributed by atoms with E-state index in [0.717, 1.165) is 0 Å². The molecule has 1 heterocycles. The number of carbonyl (C=O) groups excluding carboxylic acids is 2. The Balaban J connectivity index is 1.91. The van der Waals surface area contributed by atoms with E-state index < -0.39 is 5.76 Å². The molecule has 2 amide bonds. The van der Waals surface area contributed by atoms with Crippen molar-refractivity contribution in [2.75, 3.05) is 19.7 Å². The lowest BCUT2D eigenvalue weighted by Gasteiger charge is -2.31. The van der Waals surface area contributed by atoms with Gasteiger partial charge in [0, 0.05) is 24.0 Å². The summed E-state index contributed by atoms with van der Waals surface area (Å²) in [6.45, 7) is 3.07. The Labute approximate surface area is 143 Å². The van der Waals surface area contributed by atoms with Gasteiger partial charge in [-0.2, -0.15) is 8.78 Å². The minimum Gasteiger partial charge on any atom is -0.450 e. The molecule has 0 unspecified atom stereocenters. The summed E-state index contributed by atoms with van der Waals surface area (Å²) in [5.74, 6) is -2.94. The Morgan fingerprint density at radius 2 is 2.00 bits per heavy atom. The maximum atomic E-state index is 12.6. The fourth-order valence-corrected chi connectivity index (χ4v) is 3.17. The smallest absolute Gasteiger partial charge is 0.409 e. The van der Waals surface area contributed by atoms with Crippen molar-refractivity contribution in [1.82, 2.24) is 10.2 Å². The van der Waals surface area contributed by atoms with Crippen molar-refractivity contribution in [3.8, 4) is 0 Å². The van der Waals surface area contributed by atoms with Crippen LogP contribution in [0.2, 0.25) is 0 Å². The van der Waals surface area contributed by atoms with Crippen LogP contribution in [0, 0.1) is 0 Å². The molecule has 1 saturated heterocycles. The molecule has 0 atom stereocenters. The highest BCUT2D eigenvalue weighted by atomic mass is 32.2. The van der Waals surface area contributed by atoms with Gasteiger partial charge in [0.25, 0.3) is 11.7 Å². The van der Waals surface area contributed by atoms with Crippen molar-refractivity contribution in [1.29, 1.82) is 0 Å². The van der Waals surface area contributed by atoms with Crippen LogP contribution in [0.1, 0.15) is 30.1 Å².